The van der Waals surface area contributed by atoms with E-state index in [1.54, 1.807) is 26.3 Å². The molecule has 1 aromatic heterocycles. The maximum absolute atomic E-state index is 12.1. The molecule has 1 aliphatic rings. The monoisotopic (exact) mass is 464 g/mol. The molecule has 0 atom stereocenters. The smallest absolute Gasteiger partial charge is 0.396 e. The SMILES string of the molecule is C=[N+](C)C(=O)CSc1nc(N2CCCC2)c(C#N)c(-c2ccc(OCCOC)cc2)c1C#N. The van der Waals surface area contributed by atoms with Gasteiger partial charge in [0.2, 0.25) is 0 Å². The molecule has 170 valence electrons. The number of thioether (sulfide) groups is 1. The van der Waals surface area contributed by atoms with E-state index in [1.165, 1.54) is 16.3 Å². The Morgan fingerprint density at radius 3 is 2.42 bits per heavy atom. The highest BCUT2D eigenvalue weighted by Crippen LogP contribution is 2.39. The Labute approximate surface area is 198 Å². The number of carbonyl (C=O) groups excluding carboxylic acids is 1. The number of hydrogen-bond acceptors (Lipinski definition) is 8. The van der Waals surface area contributed by atoms with E-state index < -0.39 is 0 Å². The van der Waals surface area contributed by atoms with Crippen molar-refractivity contribution < 1.29 is 18.8 Å². The molecule has 3 rings (SSSR count). The summed E-state index contributed by atoms with van der Waals surface area (Å²) in [4.78, 5) is 18.9. The third kappa shape index (κ3) is 5.70. The fraction of sp³-hybridized carbons (Fsp3) is 0.375. The van der Waals surface area contributed by atoms with Crippen LogP contribution in [0.4, 0.5) is 5.82 Å². The largest absolute Gasteiger partial charge is 0.491 e. The minimum atomic E-state index is -0.183. The summed E-state index contributed by atoms with van der Waals surface area (Å²) < 4.78 is 11.9. The molecule has 1 amide bonds. The molecule has 0 spiro atoms. The predicted octanol–water partition coefficient (Wildman–Crippen LogP) is 3.08. The van der Waals surface area contributed by atoms with E-state index in [0.717, 1.165) is 25.9 Å². The van der Waals surface area contributed by atoms with Gasteiger partial charge in [-0.1, -0.05) is 23.9 Å². The van der Waals surface area contributed by atoms with E-state index in [-0.39, 0.29) is 17.2 Å². The van der Waals surface area contributed by atoms with E-state index in [0.29, 0.717) is 46.5 Å². The number of anilines is 1. The normalized spacial score (nSPS) is 12.8. The van der Waals surface area contributed by atoms with Crippen molar-refractivity contribution in [2.24, 2.45) is 0 Å². The van der Waals surface area contributed by atoms with Crippen LogP contribution in [0.15, 0.2) is 29.3 Å². The Hall–Kier alpha value is -3.40. The molecule has 0 radical (unpaired) electrons. The van der Waals surface area contributed by atoms with Gasteiger partial charge in [-0.3, -0.25) is 0 Å². The highest BCUT2D eigenvalue weighted by molar-refractivity contribution is 7.99. The van der Waals surface area contributed by atoms with Crippen molar-refractivity contribution in [2.75, 3.05) is 51.1 Å². The molecule has 0 unspecified atom stereocenters. The van der Waals surface area contributed by atoms with Gasteiger partial charge in [-0.25, -0.2) is 9.78 Å². The Balaban J connectivity index is 2.09. The molecular formula is C24H26N5O3S+. The number of pyridine rings is 1. The van der Waals surface area contributed by atoms with Crippen LogP contribution in [0.2, 0.25) is 0 Å². The zero-order valence-corrected chi connectivity index (χ0v) is 19.7. The molecule has 1 aliphatic heterocycles. The molecule has 1 aromatic carbocycles. The van der Waals surface area contributed by atoms with Gasteiger partial charge in [0.15, 0.2) is 0 Å². The van der Waals surface area contributed by atoms with Crippen LogP contribution in [0, 0.1) is 22.7 Å². The molecule has 2 aromatic rings. The van der Waals surface area contributed by atoms with Crippen LogP contribution in [0.5, 0.6) is 5.75 Å². The van der Waals surface area contributed by atoms with Crippen LogP contribution in [0.1, 0.15) is 24.0 Å². The fourth-order valence-electron chi connectivity index (χ4n) is 3.51. The zero-order valence-electron chi connectivity index (χ0n) is 18.8. The molecule has 1 fully saturated rings. The number of benzene rings is 1. The summed E-state index contributed by atoms with van der Waals surface area (Å²) in [6, 6.07) is 11.8. The van der Waals surface area contributed by atoms with Crippen molar-refractivity contribution in [3.05, 3.63) is 35.4 Å². The summed E-state index contributed by atoms with van der Waals surface area (Å²) in [6.07, 6.45) is 2.03. The van der Waals surface area contributed by atoms with Crippen molar-refractivity contribution in [1.82, 2.24) is 4.98 Å². The molecule has 9 heteroatoms. The second-order valence-corrected chi connectivity index (χ2v) is 8.49. The van der Waals surface area contributed by atoms with Gasteiger partial charge >= 0.3 is 5.91 Å². The van der Waals surface area contributed by atoms with Gasteiger partial charge in [0.05, 0.1) is 12.2 Å². The van der Waals surface area contributed by atoms with E-state index in [9.17, 15) is 15.3 Å². The number of ether oxygens (including phenoxy) is 2. The number of methoxy groups -OCH3 is 1. The zero-order chi connectivity index (χ0) is 23.8. The lowest BCUT2D eigenvalue weighted by atomic mass is 9.96. The van der Waals surface area contributed by atoms with Gasteiger partial charge in [-0.05, 0) is 30.5 Å². The second kappa shape index (κ2) is 11.5. The summed E-state index contributed by atoms with van der Waals surface area (Å²) in [5.41, 5.74) is 1.89. The maximum atomic E-state index is 12.1. The number of amides is 1. The summed E-state index contributed by atoms with van der Waals surface area (Å²) in [5, 5.41) is 20.6. The van der Waals surface area contributed by atoms with Crippen LogP contribution in [0.25, 0.3) is 11.1 Å². The molecule has 8 nitrogen and oxygen atoms in total. The third-order valence-corrected chi connectivity index (χ3v) is 6.19. The average molecular weight is 465 g/mol. The van der Waals surface area contributed by atoms with E-state index >= 15 is 0 Å². The summed E-state index contributed by atoms with van der Waals surface area (Å²) in [6.45, 7) is 6.11. The summed E-state index contributed by atoms with van der Waals surface area (Å²) >= 11 is 1.19. The van der Waals surface area contributed by atoms with Crippen molar-refractivity contribution in [3.8, 4) is 29.0 Å². The first-order valence-electron chi connectivity index (χ1n) is 10.5. The van der Waals surface area contributed by atoms with Gasteiger partial charge in [0.25, 0.3) is 0 Å². The van der Waals surface area contributed by atoms with Gasteiger partial charge < -0.3 is 14.4 Å². The Bertz CT molecular complexity index is 1110. The minimum absolute atomic E-state index is 0.0960. The van der Waals surface area contributed by atoms with Crippen molar-refractivity contribution in [2.45, 2.75) is 17.9 Å². The van der Waals surface area contributed by atoms with E-state index in [1.807, 2.05) is 12.1 Å². The van der Waals surface area contributed by atoms with Gasteiger partial charge in [0, 0.05) is 25.8 Å². The standard InChI is InChI=1S/C24H26N5O3S/c1-28(2)21(30)16-33-24-20(15-26)22(17-6-8-18(9-7-17)32-13-12-31-3)19(14-25)23(27-24)29-10-4-5-11-29/h6-9H,1,4-5,10-13,16H2,2-3H3/q+1. The van der Waals surface area contributed by atoms with Crippen LogP contribution in [-0.2, 0) is 9.53 Å². The minimum Gasteiger partial charge on any atom is -0.491 e. The van der Waals surface area contributed by atoms with E-state index in [2.05, 4.69) is 23.8 Å². The van der Waals surface area contributed by atoms with Gasteiger partial charge in [-0.15, -0.1) is 0 Å². The number of nitriles is 2. The third-order valence-electron chi connectivity index (χ3n) is 5.23. The first-order chi connectivity index (χ1) is 16.0. The van der Waals surface area contributed by atoms with E-state index in [4.69, 9.17) is 14.5 Å². The van der Waals surface area contributed by atoms with Crippen LogP contribution in [0.3, 0.4) is 0 Å². The predicted molar refractivity (Wildman–Crippen MR) is 127 cm³/mol. The number of aromatic nitrogens is 1. The van der Waals surface area contributed by atoms with Crippen LogP contribution < -0.4 is 9.64 Å². The van der Waals surface area contributed by atoms with Crippen molar-refractivity contribution >= 4 is 30.2 Å². The van der Waals surface area contributed by atoms with Crippen molar-refractivity contribution in [3.63, 3.8) is 0 Å². The molecule has 2 heterocycles. The lowest BCUT2D eigenvalue weighted by Gasteiger charge is -2.22. The van der Waals surface area contributed by atoms with Crippen LogP contribution in [-0.4, -0.2) is 68.4 Å². The Morgan fingerprint density at radius 2 is 1.85 bits per heavy atom. The first kappa shape index (κ1) is 24.2. The lowest BCUT2D eigenvalue weighted by Crippen LogP contribution is -2.22. The quantitative estimate of drug-likeness (QED) is 0.241. The molecule has 0 N–H and O–H groups in total. The number of rotatable bonds is 9. The Morgan fingerprint density at radius 1 is 1.18 bits per heavy atom. The number of carbonyl (C=O) groups is 1. The summed E-state index contributed by atoms with van der Waals surface area (Å²) in [7, 11) is 3.19. The van der Waals surface area contributed by atoms with Crippen LogP contribution >= 0.6 is 11.8 Å². The molecule has 0 bridgehead atoms. The number of nitrogens with zero attached hydrogens (tertiary/aromatic N) is 5. The summed E-state index contributed by atoms with van der Waals surface area (Å²) in [5.74, 6) is 1.14. The average Bonchev–Trinajstić information content (AvgIpc) is 3.36. The lowest BCUT2D eigenvalue weighted by molar-refractivity contribution is -0.407. The number of hydrogen-bond donors (Lipinski definition) is 0. The fourth-order valence-corrected chi connectivity index (χ4v) is 4.44. The molecule has 0 saturated carbocycles. The molecule has 0 aliphatic carbocycles. The van der Waals surface area contributed by atoms with Gasteiger partial charge in [0.1, 0.15) is 60.4 Å². The first-order valence-corrected chi connectivity index (χ1v) is 11.5. The molecular weight excluding hydrogens is 438 g/mol. The van der Waals surface area contributed by atoms with Crippen molar-refractivity contribution in [1.29, 1.82) is 10.5 Å². The molecule has 1 saturated heterocycles. The highest BCUT2D eigenvalue weighted by atomic mass is 32.2. The topological polar surface area (TPSA) is 102 Å². The maximum Gasteiger partial charge on any atom is 0.396 e. The highest BCUT2D eigenvalue weighted by Gasteiger charge is 2.27. The molecule has 33 heavy (non-hydrogen) atoms. The Kier molecular flexibility index (Phi) is 8.42. The van der Waals surface area contributed by atoms with Gasteiger partial charge in [-0.2, -0.15) is 15.1 Å². The second-order valence-electron chi connectivity index (χ2n) is 7.53.